The second-order valence-corrected chi connectivity index (χ2v) is 10.3. The number of piperidine rings is 1. The first-order valence-electron chi connectivity index (χ1n) is 11.1. The summed E-state index contributed by atoms with van der Waals surface area (Å²) >= 11 is 0. The molecule has 2 heterocycles. The molecule has 2 aliphatic heterocycles. The Labute approximate surface area is 175 Å². The van der Waals surface area contributed by atoms with E-state index in [0.717, 1.165) is 31.5 Å². The standard InChI is InChI=1S/C22H35N3O3S/c1-3-20-9-4-5-13-24(20)14-8-12-23-22(26)19-11-10-18(2)21(17-19)25-15-6-7-16-29(25,27)28/h10-11,17,20H,3-9,12-16H2,1-2H3,(H,23,26). The lowest BCUT2D eigenvalue weighted by Crippen LogP contribution is -2.40. The molecule has 0 radical (unpaired) electrons. The first-order valence-corrected chi connectivity index (χ1v) is 12.7. The average molecular weight is 422 g/mol. The van der Waals surface area contributed by atoms with Crippen molar-refractivity contribution >= 4 is 21.6 Å². The monoisotopic (exact) mass is 421 g/mol. The number of rotatable bonds is 7. The number of aryl methyl sites for hydroxylation is 1. The van der Waals surface area contributed by atoms with Crippen LogP contribution < -0.4 is 9.62 Å². The molecule has 162 valence electrons. The Morgan fingerprint density at radius 3 is 2.72 bits per heavy atom. The second-order valence-electron chi connectivity index (χ2n) is 8.30. The lowest BCUT2D eigenvalue weighted by molar-refractivity contribution is 0.0947. The van der Waals surface area contributed by atoms with Gasteiger partial charge >= 0.3 is 0 Å². The predicted octanol–water partition coefficient (Wildman–Crippen LogP) is 3.31. The Hall–Kier alpha value is -1.60. The van der Waals surface area contributed by atoms with Gasteiger partial charge in [-0.25, -0.2) is 8.42 Å². The summed E-state index contributed by atoms with van der Waals surface area (Å²) in [5.74, 6) is 0.0457. The van der Waals surface area contributed by atoms with Crippen molar-refractivity contribution in [2.24, 2.45) is 0 Å². The zero-order valence-corrected chi connectivity index (χ0v) is 18.6. The molecule has 0 bridgehead atoms. The number of likely N-dealkylation sites (tertiary alicyclic amines) is 1. The van der Waals surface area contributed by atoms with Crippen LogP contribution in [-0.2, 0) is 10.0 Å². The molecule has 29 heavy (non-hydrogen) atoms. The third-order valence-electron chi connectivity index (χ3n) is 6.22. The first-order chi connectivity index (χ1) is 13.9. The summed E-state index contributed by atoms with van der Waals surface area (Å²) in [5.41, 5.74) is 2.04. The van der Waals surface area contributed by atoms with Crippen LogP contribution in [0.2, 0.25) is 0 Å². The number of anilines is 1. The van der Waals surface area contributed by atoms with Gasteiger partial charge in [-0.3, -0.25) is 9.10 Å². The summed E-state index contributed by atoms with van der Waals surface area (Å²) in [7, 11) is -3.29. The molecule has 0 saturated carbocycles. The van der Waals surface area contributed by atoms with Crippen molar-refractivity contribution in [2.75, 3.05) is 36.2 Å². The van der Waals surface area contributed by atoms with Gasteiger partial charge in [0.05, 0.1) is 11.4 Å². The van der Waals surface area contributed by atoms with Gasteiger partial charge in [0.1, 0.15) is 0 Å². The molecule has 1 aromatic rings. The summed E-state index contributed by atoms with van der Waals surface area (Å²) in [6.07, 6.45) is 7.56. The van der Waals surface area contributed by atoms with Gasteiger partial charge in [-0.15, -0.1) is 0 Å². The number of nitrogens with zero attached hydrogens (tertiary/aromatic N) is 2. The zero-order chi connectivity index (χ0) is 20.9. The van der Waals surface area contributed by atoms with Crippen molar-refractivity contribution in [1.29, 1.82) is 0 Å². The molecule has 2 aliphatic rings. The van der Waals surface area contributed by atoms with Crippen LogP contribution in [0, 0.1) is 6.92 Å². The average Bonchev–Trinajstić information content (AvgIpc) is 2.71. The zero-order valence-electron chi connectivity index (χ0n) is 17.8. The third-order valence-corrected chi connectivity index (χ3v) is 8.07. The van der Waals surface area contributed by atoms with E-state index < -0.39 is 10.0 Å². The van der Waals surface area contributed by atoms with Gasteiger partial charge in [-0.05, 0) is 69.7 Å². The maximum Gasteiger partial charge on any atom is 0.251 e. The van der Waals surface area contributed by atoms with Crippen LogP contribution in [0.5, 0.6) is 0 Å². The molecule has 7 heteroatoms. The van der Waals surface area contributed by atoms with Gasteiger partial charge in [0, 0.05) is 31.2 Å². The van der Waals surface area contributed by atoms with E-state index in [2.05, 4.69) is 17.1 Å². The first kappa shape index (κ1) is 22.1. The minimum absolute atomic E-state index is 0.133. The summed E-state index contributed by atoms with van der Waals surface area (Å²) in [5, 5.41) is 3.01. The number of amides is 1. The van der Waals surface area contributed by atoms with Crippen molar-refractivity contribution < 1.29 is 13.2 Å². The summed E-state index contributed by atoms with van der Waals surface area (Å²) in [6.45, 7) is 7.45. The van der Waals surface area contributed by atoms with Gasteiger partial charge in [0.2, 0.25) is 10.0 Å². The number of carbonyl (C=O) groups excluding carboxylic acids is 1. The van der Waals surface area contributed by atoms with Gasteiger partial charge in [-0.2, -0.15) is 0 Å². The van der Waals surface area contributed by atoms with Crippen LogP contribution in [0.4, 0.5) is 5.69 Å². The highest BCUT2D eigenvalue weighted by atomic mass is 32.2. The fraction of sp³-hybridized carbons (Fsp3) is 0.682. The van der Waals surface area contributed by atoms with Crippen molar-refractivity contribution in [1.82, 2.24) is 10.2 Å². The summed E-state index contributed by atoms with van der Waals surface area (Å²) in [4.78, 5) is 15.2. The van der Waals surface area contributed by atoms with Gasteiger partial charge in [-0.1, -0.05) is 19.4 Å². The molecular formula is C22H35N3O3S. The van der Waals surface area contributed by atoms with E-state index in [9.17, 15) is 13.2 Å². The minimum atomic E-state index is -3.29. The molecule has 6 nitrogen and oxygen atoms in total. The normalized spacial score (nSPS) is 22.4. The molecule has 0 aliphatic carbocycles. The molecule has 1 N–H and O–H groups in total. The minimum Gasteiger partial charge on any atom is -0.352 e. The maximum atomic E-state index is 12.6. The highest BCUT2D eigenvalue weighted by Crippen LogP contribution is 2.28. The van der Waals surface area contributed by atoms with Crippen LogP contribution in [0.25, 0.3) is 0 Å². The SMILES string of the molecule is CCC1CCCCN1CCCNC(=O)c1ccc(C)c(N2CCCCS2(=O)=O)c1. The van der Waals surface area contributed by atoms with Crippen LogP contribution in [-0.4, -0.2) is 57.2 Å². The van der Waals surface area contributed by atoms with E-state index in [1.54, 1.807) is 12.1 Å². The van der Waals surface area contributed by atoms with E-state index >= 15 is 0 Å². The Morgan fingerprint density at radius 2 is 1.97 bits per heavy atom. The molecular weight excluding hydrogens is 386 g/mol. The Bertz CT molecular complexity index is 810. The molecule has 2 saturated heterocycles. The van der Waals surface area contributed by atoms with E-state index in [4.69, 9.17) is 0 Å². The fourth-order valence-electron chi connectivity index (χ4n) is 4.48. The van der Waals surface area contributed by atoms with Crippen molar-refractivity contribution in [3.05, 3.63) is 29.3 Å². The quantitative estimate of drug-likeness (QED) is 0.686. The number of sulfonamides is 1. The third kappa shape index (κ3) is 5.51. The molecule has 1 aromatic carbocycles. The van der Waals surface area contributed by atoms with Crippen LogP contribution in [0.3, 0.4) is 0 Å². The number of nitrogens with one attached hydrogen (secondary N) is 1. The molecule has 0 spiro atoms. The Balaban J connectivity index is 1.57. The van der Waals surface area contributed by atoms with Crippen molar-refractivity contribution in [3.63, 3.8) is 0 Å². The number of benzene rings is 1. The topological polar surface area (TPSA) is 69.7 Å². The van der Waals surface area contributed by atoms with E-state index in [1.165, 1.54) is 30.0 Å². The smallest absolute Gasteiger partial charge is 0.251 e. The fourth-order valence-corrected chi connectivity index (χ4v) is 6.17. The Kier molecular flexibility index (Phi) is 7.57. The number of hydrogen-bond donors (Lipinski definition) is 1. The van der Waals surface area contributed by atoms with Gasteiger partial charge < -0.3 is 10.2 Å². The lowest BCUT2D eigenvalue weighted by Gasteiger charge is -2.35. The predicted molar refractivity (Wildman–Crippen MR) is 118 cm³/mol. The van der Waals surface area contributed by atoms with Crippen LogP contribution in [0.15, 0.2) is 18.2 Å². The molecule has 0 aromatic heterocycles. The van der Waals surface area contributed by atoms with E-state index in [-0.39, 0.29) is 11.7 Å². The van der Waals surface area contributed by atoms with E-state index in [1.807, 2.05) is 13.0 Å². The van der Waals surface area contributed by atoms with Gasteiger partial charge in [0.25, 0.3) is 5.91 Å². The highest BCUT2D eigenvalue weighted by Gasteiger charge is 2.27. The Morgan fingerprint density at radius 1 is 1.17 bits per heavy atom. The second kappa shape index (κ2) is 9.94. The van der Waals surface area contributed by atoms with Crippen LogP contribution >= 0.6 is 0 Å². The molecule has 3 rings (SSSR count). The maximum absolute atomic E-state index is 12.6. The molecule has 2 fully saturated rings. The van der Waals surface area contributed by atoms with Gasteiger partial charge in [0.15, 0.2) is 0 Å². The lowest BCUT2D eigenvalue weighted by atomic mass is 10.00. The molecule has 1 unspecified atom stereocenters. The van der Waals surface area contributed by atoms with E-state index in [0.29, 0.717) is 36.8 Å². The molecule has 1 atom stereocenters. The number of carbonyl (C=O) groups is 1. The summed E-state index contributed by atoms with van der Waals surface area (Å²) in [6, 6.07) is 6.03. The van der Waals surface area contributed by atoms with Crippen LogP contribution in [0.1, 0.15) is 67.8 Å². The molecule has 1 amide bonds. The summed E-state index contributed by atoms with van der Waals surface area (Å²) < 4.78 is 26.4. The largest absolute Gasteiger partial charge is 0.352 e. The van der Waals surface area contributed by atoms with Crippen molar-refractivity contribution in [3.8, 4) is 0 Å². The van der Waals surface area contributed by atoms with Crippen molar-refractivity contribution in [2.45, 2.75) is 64.8 Å². The highest BCUT2D eigenvalue weighted by molar-refractivity contribution is 7.92. The number of hydrogen-bond acceptors (Lipinski definition) is 4.